The third kappa shape index (κ3) is 2.29. The standard InChI is InChI=1S/C15H24N2O4/c1-13(2,3)21-12(20)16-4-6-17(7-5-16)15-8-14(9-15,10-15)11(18)19/h4-10H2,1-3H3,(H,18,19). The van der Waals surface area contributed by atoms with Gasteiger partial charge in [-0.1, -0.05) is 0 Å². The molecule has 1 amide bonds. The summed E-state index contributed by atoms with van der Waals surface area (Å²) in [4.78, 5) is 27.3. The van der Waals surface area contributed by atoms with Crippen molar-refractivity contribution in [1.82, 2.24) is 9.80 Å². The second-order valence-corrected chi connectivity index (χ2v) is 7.79. The van der Waals surface area contributed by atoms with Gasteiger partial charge in [0.25, 0.3) is 0 Å². The Morgan fingerprint density at radius 3 is 2.00 bits per heavy atom. The largest absolute Gasteiger partial charge is 0.481 e. The predicted octanol–water partition coefficient (Wildman–Crippen LogP) is 1.55. The molecule has 0 radical (unpaired) electrons. The van der Waals surface area contributed by atoms with Crippen LogP contribution in [0.2, 0.25) is 0 Å². The summed E-state index contributed by atoms with van der Waals surface area (Å²) in [6.07, 6.45) is 2.09. The number of carbonyl (C=O) groups is 2. The molecule has 0 aromatic carbocycles. The summed E-state index contributed by atoms with van der Waals surface area (Å²) in [6.45, 7) is 8.56. The first-order chi connectivity index (χ1) is 9.66. The van der Waals surface area contributed by atoms with Crippen molar-refractivity contribution in [3.63, 3.8) is 0 Å². The van der Waals surface area contributed by atoms with Crippen molar-refractivity contribution >= 4 is 12.1 Å². The highest BCUT2D eigenvalue weighted by Gasteiger charge is 2.73. The van der Waals surface area contributed by atoms with E-state index in [0.717, 1.165) is 32.4 Å². The number of carboxylic acid groups (broad SMARTS) is 1. The van der Waals surface area contributed by atoms with Gasteiger partial charge in [0.2, 0.25) is 0 Å². The van der Waals surface area contributed by atoms with Crippen LogP contribution in [0.1, 0.15) is 40.0 Å². The summed E-state index contributed by atoms with van der Waals surface area (Å²) in [5, 5.41) is 9.18. The summed E-state index contributed by atoms with van der Waals surface area (Å²) in [5.74, 6) is -0.642. The fourth-order valence-corrected chi connectivity index (χ4v) is 3.99. The molecule has 0 aromatic rings. The van der Waals surface area contributed by atoms with E-state index in [1.165, 1.54) is 0 Å². The maximum absolute atomic E-state index is 12.0. The Morgan fingerprint density at radius 2 is 1.57 bits per heavy atom. The van der Waals surface area contributed by atoms with E-state index in [-0.39, 0.29) is 11.6 Å². The van der Waals surface area contributed by atoms with Gasteiger partial charge in [-0.25, -0.2) is 4.79 Å². The highest BCUT2D eigenvalue weighted by atomic mass is 16.6. The van der Waals surface area contributed by atoms with Crippen LogP contribution in [0.25, 0.3) is 0 Å². The molecule has 6 nitrogen and oxygen atoms in total. The smallest absolute Gasteiger partial charge is 0.410 e. The van der Waals surface area contributed by atoms with Gasteiger partial charge >= 0.3 is 12.1 Å². The highest BCUT2D eigenvalue weighted by molar-refractivity contribution is 5.80. The number of carboxylic acids is 1. The SMILES string of the molecule is CC(C)(C)OC(=O)N1CCN(C23CC(C(=O)O)(C2)C3)CC1. The maximum atomic E-state index is 12.0. The zero-order valence-corrected chi connectivity index (χ0v) is 13.0. The molecular formula is C15H24N2O4. The molecule has 0 spiro atoms. The van der Waals surface area contributed by atoms with Crippen molar-refractivity contribution in [2.45, 2.75) is 51.2 Å². The third-order valence-corrected chi connectivity index (χ3v) is 5.06. The van der Waals surface area contributed by atoms with Crippen LogP contribution in [0, 0.1) is 5.41 Å². The Morgan fingerprint density at radius 1 is 1.05 bits per heavy atom. The lowest BCUT2D eigenvalue weighted by Crippen LogP contribution is -2.78. The molecule has 4 rings (SSSR count). The lowest BCUT2D eigenvalue weighted by Gasteiger charge is -2.72. The van der Waals surface area contributed by atoms with Crippen LogP contribution in [-0.2, 0) is 9.53 Å². The summed E-state index contributed by atoms with van der Waals surface area (Å²) in [5.41, 5.74) is -0.781. The van der Waals surface area contributed by atoms with Crippen LogP contribution >= 0.6 is 0 Å². The van der Waals surface area contributed by atoms with Crippen molar-refractivity contribution < 1.29 is 19.4 Å². The number of carbonyl (C=O) groups excluding carboxylic acids is 1. The number of hydrogen-bond acceptors (Lipinski definition) is 4. The molecule has 1 heterocycles. The first-order valence-electron chi connectivity index (χ1n) is 7.62. The quantitative estimate of drug-likeness (QED) is 0.837. The van der Waals surface area contributed by atoms with Crippen molar-refractivity contribution in [3.05, 3.63) is 0 Å². The number of piperazine rings is 1. The van der Waals surface area contributed by atoms with Gasteiger partial charge < -0.3 is 14.7 Å². The van der Waals surface area contributed by atoms with Crippen LogP contribution in [0.3, 0.4) is 0 Å². The summed E-state index contributed by atoms with van der Waals surface area (Å²) in [7, 11) is 0. The molecule has 1 N–H and O–H groups in total. The van der Waals surface area contributed by atoms with Crippen molar-refractivity contribution in [3.8, 4) is 0 Å². The lowest BCUT2D eigenvalue weighted by molar-refractivity contribution is -0.235. The van der Waals surface area contributed by atoms with Crippen LogP contribution in [0.4, 0.5) is 4.79 Å². The molecule has 118 valence electrons. The molecule has 1 saturated heterocycles. The fraction of sp³-hybridized carbons (Fsp3) is 0.867. The molecule has 3 aliphatic carbocycles. The lowest BCUT2D eigenvalue weighted by atomic mass is 9.38. The topological polar surface area (TPSA) is 70.1 Å². The number of hydrogen-bond donors (Lipinski definition) is 1. The van der Waals surface area contributed by atoms with Gasteiger partial charge in [-0.15, -0.1) is 0 Å². The zero-order valence-electron chi connectivity index (χ0n) is 13.0. The van der Waals surface area contributed by atoms with Crippen LogP contribution in [0.15, 0.2) is 0 Å². The molecule has 6 heteroatoms. The van der Waals surface area contributed by atoms with E-state index in [0.29, 0.717) is 13.1 Å². The number of amides is 1. The average Bonchev–Trinajstić information content (AvgIpc) is 2.23. The average molecular weight is 296 g/mol. The number of ether oxygens (including phenoxy) is 1. The van der Waals surface area contributed by atoms with Gasteiger partial charge in [-0.05, 0) is 40.0 Å². The minimum atomic E-state index is -0.642. The van der Waals surface area contributed by atoms with E-state index in [4.69, 9.17) is 4.74 Å². The summed E-state index contributed by atoms with van der Waals surface area (Å²) >= 11 is 0. The molecule has 1 aliphatic heterocycles. The van der Waals surface area contributed by atoms with Gasteiger partial charge in [-0.2, -0.15) is 0 Å². The molecule has 0 aromatic heterocycles. The third-order valence-electron chi connectivity index (χ3n) is 5.06. The minimum absolute atomic E-state index is 0.110. The van der Waals surface area contributed by atoms with E-state index >= 15 is 0 Å². The predicted molar refractivity (Wildman–Crippen MR) is 76.0 cm³/mol. The second kappa shape index (κ2) is 4.35. The van der Waals surface area contributed by atoms with Crippen LogP contribution in [0.5, 0.6) is 0 Å². The second-order valence-electron chi connectivity index (χ2n) is 7.79. The van der Waals surface area contributed by atoms with E-state index in [9.17, 15) is 14.7 Å². The molecule has 4 aliphatic rings. The van der Waals surface area contributed by atoms with E-state index in [2.05, 4.69) is 4.90 Å². The van der Waals surface area contributed by atoms with Gasteiger partial charge in [0, 0.05) is 31.7 Å². The van der Waals surface area contributed by atoms with Gasteiger partial charge in [0.1, 0.15) is 5.60 Å². The number of aliphatic carboxylic acids is 1. The highest BCUT2D eigenvalue weighted by Crippen LogP contribution is 2.69. The van der Waals surface area contributed by atoms with E-state index in [1.807, 2.05) is 20.8 Å². The number of rotatable bonds is 2. The summed E-state index contributed by atoms with van der Waals surface area (Å²) in [6, 6.07) is 0. The molecule has 0 unspecified atom stereocenters. The van der Waals surface area contributed by atoms with E-state index < -0.39 is 17.0 Å². The first-order valence-corrected chi connectivity index (χ1v) is 7.62. The van der Waals surface area contributed by atoms with Crippen LogP contribution < -0.4 is 0 Å². The molecule has 3 saturated carbocycles. The molecular weight excluding hydrogens is 272 g/mol. The first kappa shape index (κ1) is 14.6. The Hall–Kier alpha value is -1.30. The molecule has 21 heavy (non-hydrogen) atoms. The Labute approximate surface area is 125 Å². The van der Waals surface area contributed by atoms with Crippen molar-refractivity contribution in [2.75, 3.05) is 26.2 Å². The molecule has 4 fully saturated rings. The minimum Gasteiger partial charge on any atom is -0.481 e. The molecule has 2 bridgehead atoms. The normalized spacial score (nSPS) is 35.7. The van der Waals surface area contributed by atoms with E-state index in [1.54, 1.807) is 4.90 Å². The Balaban J connectivity index is 1.49. The van der Waals surface area contributed by atoms with Crippen molar-refractivity contribution in [1.29, 1.82) is 0 Å². The zero-order chi connectivity index (χ0) is 15.5. The van der Waals surface area contributed by atoms with Crippen LogP contribution in [-0.4, -0.2) is 64.3 Å². The molecule has 0 atom stereocenters. The van der Waals surface area contributed by atoms with Gasteiger partial charge in [0.05, 0.1) is 5.41 Å². The monoisotopic (exact) mass is 296 g/mol. The maximum Gasteiger partial charge on any atom is 0.410 e. The van der Waals surface area contributed by atoms with Gasteiger partial charge in [-0.3, -0.25) is 9.69 Å². The Kier molecular flexibility index (Phi) is 3.03. The number of nitrogens with zero attached hydrogens (tertiary/aromatic N) is 2. The van der Waals surface area contributed by atoms with Gasteiger partial charge in [0.15, 0.2) is 0 Å². The van der Waals surface area contributed by atoms with Crippen molar-refractivity contribution in [2.24, 2.45) is 5.41 Å². The summed E-state index contributed by atoms with van der Waals surface area (Å²) < 4.78 is 5.39. The Bertz CT molecular complexity index is 455. The fourth-order valence-electron chi connectivity index (χ4n) is 3.99.